The SMILES string of the molecule is C#C.CC.CCCN(C=O)Cc1nc(-c2ccc(-c3ccc(-c4cnc([C@@H]5CCCN5C(=O)OC(C)(C)C)[nH]4)cc3)cc2)c(C(N)=O)[nH]1.CO. The van der Waals surface area contributed by atoms with Crippen LogP contribution >= 0.6 is 0 Å². The van der Waals surface area contributed by atoms with Crippen molar-refractivity contribution in [3.8, 4) is 46.5 Å². The van der Waals surface area contributed by atoms with Crippen molar-refractivity contribution in [2.24, 2.45) is 5.73 Å². The van der Waals surface area contributed by atoms with E-state index in [0.717, 1.165) is 66.6 Å². The Morgan fingerprint density at radius 2 is 1.58 bits per heavy atom. The molecule has 1 aliphatic rings. The first-order valence-electron chi connectivity index (χ1n) is 16.7. The van der Waals surface area contributed by atoms with Gasteiger partial charge in [-0.05, 0) is 56.7 Å². The lowest BCUT2D eigenvalue weighted by Gasteiger charge is -2.27. The third-order valence-electron chi connectivity index (χ3n) is 7.49. The number of nitrogens with two attached hydrogens (primary N) is 1. The number of amides is 3. The summed E-state index contributed by atoms with van der Waals surface area (Å²) in [5, 5.41) is 7.00. The van der Waals surface area contributed by atoms with Crippen molar-refractivity contribution in [3.63, 3.8) is 0 Å². The first-order valence-corrected chi connectivity index (χ1v) is 16.7. The summed E-state index contributed by atoms with van der Waals surface area (Å²) < 4.78 is 5.60. The number of aromatic nitrogens is 4. The molecule has 0 bridgehead atoms. The molecule has 4 aromatic rings. The van der Waals surface area contributed by atoms with Gasteiger partial charge in [-0.15, -0.1) is 12.8 Å². The van der Waals surface area contributed by atoms with Crippen LogP contribution < -0.4 is 5.73 Å². The Morgan fingerprint density at radius 1 is 1.02 bits per heavy atom. The molecule has 12 heteroatoms. The molecule has 0 aliphatic carbocycles. The molecule has 0 unspecified atom stereocenters. The van der Waals surface area contributed by atoms with Crippen LogP contribution in [0.1, 0.15) is 89.0 Å². The van der Waals surface area contributed by atoms with Gasteiger partial charge in [-0.2, -0.15) is 0 Å². The van der Waals surface area contributed by atoms with Gasteiger partial charge in [-0.25, -0.2) is 14.8 Å². The number of hydrogen-bond donors (Lipinski definition) is 4. The van der Waals surface area contributed by atoms with E-state index >= 15 is 0 Å². The number of ether oxygens (including phenoxy) is 1. The Kier molecular flexibility index (Phi) is 15.9. The first-order chi connectivity index (χ1) is 24.1. The summed E-state index contributed by atoms with van der Waals surface area (Å²) in [7, 11) is 1.00. The number of aliphatic hydroxyl groups is 1. The smallest absolute Gasteiger partial charge is 0.410 e. The number of terminal acetylenes is 1. The number of aliphatic hydroxyl groups excluding tert-OH is 1. The highest BCUT2D eigenvalue weighted by atomic mass is 16.6. The van der Waals surface area contributed by atoms with Crippen molar-refractivity contribution in [1.29, 1.82) is 0 Å². The number of carbonyl (C=O) groups is 3. The number of nitrogens with zero attached hydrogens (tertiary/aromatic N) is 4. The third kappa shape index (κ3) is 10.5. The van der Waals surface area contributed by atoms with Crippen LogP contribution in [0.2, 0.25) is 0 Å². The van der Waals surface area contributed by atoms with Crippen molar-refractivity contribution >= 4 is 18.4 Å². The predicted octanol–water partition coefficient (Wildman–Crippen LogP) is 6.56. The van der Waals surface area contributed by atoms with Gasteiger partial charge in [0, 0.05) is 25.8 Å². The molecule has 1 aliphatic heterocycles. The Hall–Kier alpha value is -5.41. The van der Waals surface area contributed by atoms with Crippen LogP contribution in [-0.4, -0.2) is 79.1 Å². The third-order valence-corrected chi connectivity index (χ3v) is 7.49. The maximum Gasteiger partial charge on any atom is 0.410 e. The summed E-state index contributed by atoms with van der Waals surface area (Å²) in [5.41, 5.74) is 10.4. The van der Waals surface area contributed by atoms with Gasteiger partial charge in [-0.3, -0.25) is 14.5 Å². The van der Waals surface area contributed by atoms with Gasteiger partial charge in [-0.1, -0.05) is 69.3 Å². The van der Waals surface area contributed by atoms with Crippen molar-refractivity contribution in [2.45, 2.75) is 79.0 Å². The summed E-state index contributed by atoms with van der Waals surface area (Å²) >= 11 is 0. The van der Waals surface area contributed by atoms with Crippen LogP contribution in [-0.2, 0) is 16.1 Å². The number of likely N-dealkylation sites (tertiary alicyclic amines) is 1. The van der Waals surface area contributed by atoms with Gasteiger partial charge < -0.3 is 30.4 Å². The van der Waals surface area contributed by atoms with Crippen molar-refractivity contribution in [1.82, 2.24) is 29.7 Å². The number of imidazole rings is 2. The van der Waals surface area contributed by atoms with Crippen LogP contribution in [0.25, 0.3) is 33.6 Å². The molecule has 2 aromatic carbocycles. The molecule has 5 N–H and O–H groups in total. The summed E-state index contributed by atoms with van der Waals surface area (Å²) in [4.78, 5) is 55.2. The number of hydrogen-bond acceptors (Lipinski definition) is 7. The largest absolute Gasteiger partial charge is 0.444 e. The Labute approximate surface area is 295 Å². The molecular weight excluding hydrogens is 634 g/mol. The topological polar surface area (TPSA) is 171 Å². The summed E-state index contributed by atoms with van der Waals surface area (Å²) in [6.45, 7) is 13.1. The van der Waals surface area contributed by atoms with Crippen molar-refractivity contribution in [2.75, 3.05) is 20.2 Å². The second-order valence-corrected chi connectivity index (χ2v) is 12.0. The fourth-order valence-corrected chi connectivity index (χ4v) is 5.44. The molecule has 1 atom stereocenters. The predicted molar refractivity (Wildman–Crippen MR) is 197 cm³/mol. The van der Waals surface area contributed by atoms with Gasteiger partial charge in [0.2, 0.25) is 6.41 Å². The quantitative estimate of drug-likeness (QED) is 0.108. The molecule has 0 spiro atoms. The minimum atomic E-state index is -0.612. The molecule has 5 rings (SSSR count). The van der Waals surface area contributed by atoms with Gasteiger partial charge in [0.15, 0.2) is 0 Å². The highest BCUT2D eigenvalue weighted by Crippen LogP contribution is 2.33. The van der Waals surface area contributed by atoms with Gasteiger partial charge in [0.25, 0.3) is 5.91 Å². The lowest BCUT2D eigenvalue weighted by Crippen LogP contribution is -2.36. The van der Waals surface area contributed by atoms with Crippen LogP contribution in [0.5, 0.6) is 0 Å². The standard InChI is InChI=1S/C33H39N7O4.C2H6.C2H2.CH4O/c1-5-16-39(20-41)19-27-37-28(29(38-27)30(34)42)24-14-10-22(11-15-24)21-8-12-23(13-9-21)25-18-35-31(36-25)26-7-6-17-40(26)32(43)44-33(2,3)4;3*1-2/h8-15,18,20,26H,5-7,16-17,19H2,1-4H3,(H2,34,42)(H,35,36)(H,37,38);1-2H3;1-2H;2H,1H3/t26-;;;/m0.../s1. The molecule has 12 nitrogen and oxygen atoms in total. The summed E-state index contributed by atoms with van der Waals surface area (Å²) in [5.74, 6) is 0.643. The monoisotopic (exact) mass is 685 g/mol. The highest BCUT2D eigenvalue weighted by Gasteiger charge is 2.34. The zero-order valence-electron chi connectivity index (χ0n) is 30.2. The molecule has 0 radical (unpaired) electrons. The average Bonchev–Trinajstić information content (AvgIpc) is 3.91. The van der Waals surface area contributed by atoms with E-state index < -0.39 is 11.5 Å². The molecule has 1 fully saturated rings. The van der Waals surface area contributed by atoms with Crippen LogP contribution in [0.15, 0.2) is 54.7 Å². The molecule has 50 heavy (non-hydrogen) atoms. The normalized spacial score (nSPS) is 13.4. The fraction of sp³-hybridized carbons (Fsp3) is 0.395. The molecule has 3 amide bonds. The second-order valence-electron chi connectivity index (χ2n) is 12.0. The maximum absolute atomic E-state index is 12.7. The first kappa shape index (κ1) is 40.8. The van der Waals surface area contributed by atoms with E-state index in [1.165, 1.54) is 0 Å². The summed E-state index contributed by atoms with van der Waals surface area (Å²) in [6, 6.07) is 15.7. The number of primary amides is 1. The Balaban J connectivity index is 0.00000137. The Bertz CT molecular complexity index is 1670. The van der Waals surface area contributed by atoms with E-state index in [1.807, 2.05) is 90.1 Å². The van der Waals surface area contributed by atoms with Gasteiger partial charge in [0.05, 0.1) is 24.5 Å². The van der Waals surface area contributed by atoms with E-state index in [4.69, 9.17) is 15.6 Å². The number of aromatic amines is 2. The van der Waals surface area contributed by atoms with E-state index in [0.29, 0.717) is 24.6 Å². The lowest BCUT2D eigenvalue weighted by molar-refractivity contribution is -0.118. The van der Waals surface area contributed by atoms with Gasteiger partial charge in [0.1, 0.15) is 28.6 Å². The zero-order chi connectivity index (χ0) is 37.4. The van der Waals surface area contributed by atoms with E-state index in [1.54, 1.807) is 16.0 Å². The minimum absolute atomic E-state index is 0.141. The maximum atomic E-state index is 12.7. The second kappa shape index (κ2) is 19.6. The molecule has 1 saturated heterocycles. The zero-order valence-corrected chi connectivity index (χ0v) is 30.2. The van der Waals surface area contributed by atoms with Crippen LogP contribution in [0.3, 0.4) is 0 Å². The number of nitrogens with one attached hydrogen (secondary N) is 2. The number of rotatable bonds is 10. The Morgan fingerprint density at radius 3 is 2.10 bits per heavy atom. The van der Waals surface area contributed by atoms with Crippen molar-refractivity contribution in [3.05, 3.63) is 72.1 Å². The van der Waals surface area contributed by atoms with Gasteiger partial charge >= 0.3 is 6.09 Å². The molecular formula is C38H51N7O5. The lowest BCUT2D eigenvalue weighted by atomic mass is 10.0. The van der Waals surface area contributed by atoms with E-state index in [9.17, 15) is 14.4 Å². The number of carbonyl (C=O) groups excluding carboxylic acids is 3. The van der Waals surface area contributed by atoms with Crippen LogP contribution in [0, 0.1) is 12.8 Å². The molecule has 0 saturated carbocycles. The average molecular weight is 686 g/mol. The van der Waals surface area contributed by atoms with E-state index in [-0.39, 0.29) is 24.4 Å². The number of benzene rings is 2. The van der Waals surface area contributed by atoms with Crippen LogP contribution in [0.4, 0.5) is 4.79 Å². The van der Waals surface area contributed by atoms with Crippen molar-refractivity contribution < 1.29 is 24.2 Å². The minimum Gasteiger partial charge on any atom is -0.444 e. The summed E-state index contributed by atoms with van der Waals surface area (Å²) in [6.07, 6.45) is 12.8. The number of H-pyrrole nitrogens is 2. The molecule has 268 valence electrons. The molecule has 2 aromatic heterocycles. The van der Waals surface area contributed by atoms with E-state index in [2.05, 4.69) is 32.8 Å². The molecule has 3 heterocycles. The highest BCUT2D eigenvalue weighted by molar-refractivity contribution is 5.97. The fourth-order valence-electron chi connectivity index (χ4n) is 5.44.